The van der Waals surface area contributed by atoms with Crippen LogP contribution in [-0.2, 0) is 4.74 Å². The summed E-state index contributed by atoms with van der Waals surface area (Å²) >= 11 is 1.71. The first-order chi connectivity index (χ1) is 8.74. The first-order valence-electron chi connectivity index (χ1n) is 5.95. The van der Waals surface area contributed by atoms with Crippen LogP contribution in [0.2, 0.25) is 0 Å². The van der Waals surface area contributed by atoms with Crippen molar-refractivity contribution in [2.75, 3.05) is 19.5 Å². The minimum atomic E-state index is 0.740. The Kier molecular flexibility index (Phi) is 4.44. The van der Waals surface area contributed by atoms with Crippen molar-refractivity contribution < 1.29 is 4.74 Å². The zero-order chi connectivity index (χ0) is 13.0. The van der Waals surface area contributed by atoms with Crippen LogP contribution in [0.5, 0.6) is 0 Å². The van der Waals surface area contributed by atoms with Gasteiger partial charge in [0.2, 0.25) is 0 Å². The molecule has 3 nitrogen and oxygen atoms in total. The Hall–Kier alpha value is -1.26. The molecule has 18 heavy (non-hydrogen) atoms. The molecular formula is C14H18N2OS. The van der Waals surface area contributed by atoms with Gasteiger partial charge in [0, 0.05) is 25.3 Å². The molecule has 1 aromatic carbocycles. The maximum absolute atomic E-state index is 5.07. The summed E-state index contributed by atoms with van der Waals surface area (Å²) < 4.78 is 7.21. The lowest BCUT2D eigenvalue weighted by atomic mass is 10.1. The fourth-order valence-electron chi connectivity index (χ4n) is 1.79. The number of hydrogen-bond acceptors (Lipinski definition) is 3. The summed E-state index contributed by atoms with van der Waals surface area (Å²) in [6.45, 7) is 5.02. The van der Waals surface area contributed by atoms with Gasteiger partial charge >= 0.3 is 0 Å². The SMILES string of the molecule is COCCSc1nccn1-c1cccc(C)c1C. The van der Waals surface area contributed by atoms with Crippen molar-refractivity contribution in [1.29, 1.82) is 0 Å². The highest BCUT2D eigenvalue weighted by atomic mass is 32.2. The number of nitrogens with zero attached hydrogens (tertiary/aromatic N) is 2. The van der Waals surface area contributed by atoms with E-state index in [1.807, 2.05) is 12.4 Å². The first-order valence-corrected chi connectivity index (χ1v) is 6.94. The molecule has 0 fully saturated rings. The average molecular weight is 262 g/mol. The second-order valence-electron chi connectivity index (χ2n) is 4.14. The molecule has 0 spiro atoms. The van der Waals surface area contributed by atoms with Gasteiger partial charge < -0.3 is 4.74 Å². The average Bonchev–Trinajstić information content (AvgIpc) is 2.81. The molecule has 0 saturated carbocycles. The number of aromatic nitrogens is 2. The van der Waals surface area contributed by atoms with Crippen LogP contribution in [0, 0.1) is 13.8 Å². The van der Waals surface area contributed by atoms with E-state index < -0.39 is 0 Å². The van der Waals surface area contributed by atoms with Crippen LogP contribution in [0.3, 0.4) is 0 Å². The molecule has 0 amide bonds. The van der Waals surface area contributed by atoms with Gasteiger partial charge in [-0.15, -0.1) is 0 Å². The van der Waals surface area contributed by atoms with Gasteiger partial charge in [0.05, 0.1) is 12.3 Å². The lowest BCUT2D eigenvalue weighted by molar-refractivity contribution is 0.218. The minimum Gasteiger partial charge on any atom is -0.384 e. The lowest BCUT2D eigenvalue weighted by Gasteiger charge is -2.12. The molecule has 2 aromatic rings. The van der Waals surface area contributed by atoms with Gasteiger partial charge in [0.15, 0.2) is 5.16 Å². The third-order valence-corrected chi connectivity index (χ3v) is 3.89. The van der Waals surface area contributed by atoms with Gasteiger partial charge in [0.25, 0.3) is 0 Å². The smallest absolute Gasteiger partial charge is 0.172 e. The molecule has 2 rings (SSSR count). The summed E-state index contributed by atoms with van der Waals surface area (Å²) in [5.74, 6) is 0.915. The summed E-state index contributed by atoms with van der Waals surface area (Å²) in [5.41, 5.74) is 3.80. The van der Waals surface area contributed by atoms with Crippen LogP contribution in [-0.4, -0.2) is 29.0 Å². The summed E-state index contributed by atoms with van der Waals surface area (Å²) in [5, 5.41) is 1.01. The van der Waals surface area contributed by atoms with Crippen molar-refractivity contribution in [2.45, 2.75) is 19.0 Å². The van der Waals surface area contributed by atoms with Gasteiger partial charge in [-0.3, -0.25) is 4.57 Å². The van der Waals surface area contributed by atoms with E-state index in [9.17, 15) is 0 Å². The lowest BCUT2D eigenvalue weighted by Crippen LogP contribution is -2.00. The van der Waals surface area contributed by atoms with E-state index in [1.54, 1.807) is 18.9 Å². The molecule has 0 aliphatic heterocycles. The molecule has 0 aliphatic rings. The zero-order valence-corrected chi connectivity index (χ0v) is 11.8. The standard InChI is InChI=1S/C14H18N2OS/c1-11-5-4-6-13(12(11)2)16-8-7-15-14(16)18-10-9-17-3/h4-8H,9-10H2,1-3H3. The first kappa shape index (κ1) is 13.2. The number of rotatable bonds is 5. The quantitative estimate of drug-likeness (QED) is 0.611. The van der Waals surface area contributed by atoms with Crippen molar-refractivity contribution in [3.63, 3.8) is 0 Å². The third-order valence-electron chi connectivity index (χ3n) is 2.96. The second kappa shape index (κ2) is 6.07. The highest BCUT2D eigenvalue weighted by Gasteiger charge is 2.08. The van der Waals surface area contributed by atoms with E-state index in [0.717, 1.165) is 17.5 Å². The van der Waals surface area contributed by atoms with Crippen LogP contribution >= 0.6 is 11.8 Å². The molecule has 0 saturated heterocycles. The molecule has 0 atom stereocenters. The normalized spacial score (nSPS) is 10.8. The third kappa shape index (κ3) is 2.76. The fourth-order valence-corrected chi connectivity index (χ4v) is 2.66. The molecule has 0 N–H and O–H groups in total. The maximum Gasteiger partial charge on any atom is 0.172 e. The molecule has 96 valence electrons. The topological polar surface area (TPSA) is 27.1 Å². The van der Waals surface area contributed by atoms with Crippen LogP contribution in [0.1, 0.15) is 11.1 Å². The van der Waals surface area contributed by atoms with E-state index in [-0.39, 0.29) is 0 Å². The number of methoxy groups -OCH3 is 1. The summed E-state index contributed by atoms with van der Waals surface area (Å²) in [6.07, 6.45) is 3.85. The van der Waals surface area contributed by atoms with Crippen LogP contribution in [0.4, 0.5) is 0 Å². The van der Waals surface area contributed by atoms with Crippen molar-refractivity contribution in [3.05, 3.63) is 41.7 Å². The monoisotopic (exact) mass is 262 g/mol. The Balaban J connectivity index is 2.28. The number of benzene rings is 1. The molecule has 0 bridgehead atoms. The summed E-state index contributed by atoms with van der Waals surface area (Å²) in [7, 11) is 1.72. The number of imidazole rings is 1. The van der Waals surface area contributed by atoms with E-state index in [2.05, 4.69) is 41.6 Å². The fraction of sp³-hybridized carbons (Fsp3) is 0.357. The predicted molar refractivity (Wildman–Crippen MR) is 75.6 cm³/mol. The predicted octanol–water partition coefficient (Wildman–Crippen LogP) is 3.23. The van der Waals surface area contributed by atoms with Gasteiger partial charge in [-0.25, -0.2) is 4.98 Å². The van der Waals surface area contributed by atoms with Crippen molar-refractivity contribution in [2.24, 2.45) is 0 Å². The molecule has 4 heteroatoms. The van der Waals surface area contributed by atoms with Gasteiger partial charge in [-0.1, -0.05) is 23.9 Å². The van der Waals surface area contributed by atoms with Crippen LogP contribution in [0.25, 0.3) is 5.69 Å². The second-order valence-corrected chi connectivity index (χ2v) is 5.20. The van der Waals surface area contributed by atoms with Crippen LogP contribution < -0.4 is 0 Å². The molecular weight excluding hydrogens is 244 g/mol. The summed E-state index contributed by atoms with van der Waals surface area (Å²) in [6, 6.07) is 6.35. The Morgan fingerprint density at radius 3 is 2.94 bits per heavy atom. The van der Waals surface area contributed by atoms with Crippen molar-refractivity contribution in [1.82, 2.24) is 9.55 Å². The van der Waals surface area contributed by atoms with Crippen molar-refractivity contribution in [3.8, 4) is 5.69 Å². The van der Waals surface area contributed by atoms with Gasteiger partial charge in [-0.05, 0) is 31.0 Å². The summed E-state index contributed by atoms with van der Waals surface area (Å²) in [4.78, 5) is 4.41. The Morgan fingerprint density at radius 2 is 2.17 bits per heavy atom. The molecule has 0 aliphatic carbocycles. The Labute approximate surface area is 112 Å². The number of ether oxygens (including phenoxy) is 1. The van der Waals surface area contributed by atoms with E-state index in [4.69, 9.17) is 4.74 Å². The molecule has 0 radical (unpaired) electrons. The molecule has 1 aromatic heterocycles. The van der Waals surface area contributed by atoms with Crippen molar-refractivity contribution >= 4 is 11.8 Å². The molecule has 0 unspecified atom stereocenters. The number of thioether (sulfide) groups is 1. The van der Waals surface area contributed by atoms with Crippen LogP contribution in [0.15, 0.2) is 35.7 Å². The maximum atomic E-state index is 5.07. The highest BCUT2D eigenvalue weighted by Crippen LogP contribution is 2.23. The largest absolute Gasteiger partial charge is 0.384 e. The molecule has 1 heterocycles. The van der Waals surface area contributed by atoms with E-state index >= 15 is 0 Å². The van der Waals surface area contributed by atoms with E-state index in [0.29, 0.717) is 0 Å². The van der Waals surface area contributed by atoms with Gasteiger partial charge in [-0.2, -0.15) is 0 Å². The Bertz CT molecular complexity index is 522. The van der Waals surface area contributed by atoms with E-state index in [1.165, 1.54) is 16.8 Å². The van der Waals surface area contributed by atoms with Gasteiger partial charge in [0.1, 0.15) is 0 Å². The zero-order valence-electron chi connectivity index (χ0n) is 11.0. The number of hydrogen-bond donors (Lipinski definition) is 0. The minimum absolute atomic E-state index is 0.740. The highest BCUT2D eigenvalue weighted by molar-refractivity contribution is 7.99. The number of aryl methyl sites for hydroxylation is 1. The Morgan fingerprint density at radius 1 is 1.33 bits per heavy atom.